The molecule has 0 saturated heterocycles. The number of benzene rings is 1. The number of halogens is 1. The van der Waals surface area contributed by atoms with Crippen molar-refractivity contribution in [1.82, 2.24) is 0 Å². The molecule has 0 saturated carbocycles. The van der Waals surface area contributed by atoms with Crippen molar-refractivity contribution in [2.24, 2.45) is 4.99 Å². The van der Waals surface area contributed by atoms with E-state index in [4.69, 9.17) is 11.6 Å². The van der Waals surface area contributed by atoms with Gasteiger partial charge >= 0.3 is 0 Å². The number of rotatable bonds is 4. The highest BCUT2D eigenvalue weighted by Crippen LogP contribution is 2.26. The first-order valence-corrected chi connectivity index (χ1v) is 7.46. The van der Waals surface area contributed by atoms with Crippen molar-refractivity contribution in [1.29, 1.82) is 0 Å². The van der Waals surface area contributed by atoms with E-state index in [0.717, 1.165) is 24.3 Å². The Kier molecular flexibility index (Phi) is 4.97. The predicted molar refractivity (Wildman–Crippen MR) is 89.9 cm³/mol. The van der Waals surface area contributed by atoms with Crippen molar-refractivity contribution >= 4 is 34.5 Å². The van der Waals surface area contributed by atoms with Crippen molar-refractivity contribution in [3.8, 4) is 0 Å². The van der Waals surface area contributed by atoms with Crippen LogP contribution in [0.15, 0.2) is 46.5 Å². The van der Waals surface area contributed by atoms with Crippen LogP contribution in [0.4, 0.5) is 11.4 Å². The van der Waals surface area contributed by atoms with E-state index in [1.807, 2.05) is 13.0 Å². The van der Waals surface area contributed by atoms with Gasteiger partial charge in [-0.1, -0.05) is 11.6 Å². The summed E-state index contributed by atoms with van der Waals surface area (Å²) in [5.41, 5.74) is 3.88. The number of hydrogen-bond acceptors (Lipinski definition) is 3. The van der Waals surface area contributed by atoms with Crippen LogP contribution in [0.2, 0.25) is 0 Å². The summed E-state index contributed by atoms with van der Waals surface area (Å²) in [5, 5.41) is 0.202. The lowest BCUT2D eigenvalue weighted by atomic mass is 10.1. The van der Waals surface area contributed by atoms with Gasteiger partial charge in [0.15, 0.2) is 5.78 Å². The average Bonchev–Trinajstić information content (AvgIpc) is 2.47. The van der Waals surface area contributed by atoms with Crippen molar-refractivity contribution in [3.05, 3.63) is 47.0 Å². The maximum absolute atomic E-state index is 11.3. The number of carbonyl (C=O) groups excluding carboxylic acids is 1. The summed E-state index contributed by atoms with van der Waals surface area (Å²) in [4.78, 5) is 18.1. The average molecular weight is 303 g/mol. The van der Waals surface area contributed by atoms with Gasteiger partial charge in [-0.2, -0.15) is 0 Å². The highest BCUT2D eigenvalue weighted by molar-refractivity contribution is 6.47. The Labute approximate surface area is 130 Å². The molecule has 0 N–H and O–H groups in total. The van der Waals surface area contributed by atoms with Gasteiger partial charge in [-0.3, -0.25) is 4.79 Å². The SMILES string of the molecule is CCN(CC)c1ccc(/N=C2/C=CC(=O)C(Cl)=C2)c(C)c1. The largest absolute Gasteiger partial charge is 0.372 e. The number of ketones is 1. The maximum Gasteiger partial charge on any atom is 0.197 e. The van der Waals surface area contributed by atoms with E-state index in [-0.39, 0.29) is 10.8 Å². The minimum absolute atomic E-state index is 0.177. The highest BCUT2D eigenvalue weighted by atomic mass is 35.5. The summed E-state index contributed by atoms with van der Waals surface area (Å²) in [6.07, 6.45) is 4.73. The fraction of sp³-hybridized carbons (Fsp3) is 0.294. The smallest absolute Gasteiger partial charge is 0.197 e. The molecule has 0 aliphatic heterocycles. The molecule has 0 fully saturated rings. The number of aryl methyl sites for hydroxylation is 1. The number of nitrogens with zero attached hydrogens (tertiary/aromatic N) is 2. The Balaban J connectivity index is 2.30. The summed E-state index contributed by atoms with van der Waals surface area (Å²) in [5.74, 6) is -0.177. The number of hydrogen-bond donors (Lipinski definition) is 0. The summed E-state index contributed by atoms with van der Waals surface area (Å²) < 4.78 is 0. The molecule has 0 bridgehead atoms. The van der Waals surface area contributed by atoms with E-state index in [9.17, 15) is 4.79 Å². The lowest BCUT2D eigenvalue weighted by Gasteiger charge is -2.21. The summed E-state index contributed by atoms with van der Waals surface area (Å²) >= 11 is 5.85. The van der Waals surface area contributed by atoms with Crippen LogP contribution < -0.4 is 4.90 Å². The first kappa shape index (κ1) is 15.5. The van der Waals surface area contributed by atoms with Gasteiger partial charge in [-0.15, -0.1) is 0 Å². The van der Waals surface area contributed by atoms with Crippen molar-refractivity contribution < 1.29 is 4.79 Å². The third kappa shape index (κ3) is 3.61. The van der Waals surface area contributed by atoms with Crippen LogP contribution in [0.1, 0.15) is 19.4 Å². The Morgan fingerprint density at radius 1 is 1.19 bits per heavy atom. The molecule has 3 nitrogen and oxygen atoms in total. The molecule has 0 spiro atoms. The monoisotopic (exact) mass is 302 g/mol. The predicted octanol–water partition coefficient (Wildman–Crippen LogP) is 4.18. The minimum Gasteiger partial charge on any atom is -0.372 e. The Morgan fingerprint density at radius 3 is 2.48 bits per heavy atom. The quantitative estimate of drug-likeness (QED) is 0.782. The van der Waals surface area contributed by atoms with Crippen LogP contribution in [0, 0.1) is 6.92 Å². The summed E-state index contributed by atoms with van der Waals surface area (Å²) in [7, 11) is 0. The summed E-state index contributed by atoms with van der Waals surface area (Å²) in [6.45, 7) is 8.28. The third-order valence-corrected chi connectivity index (χ3v) is 3.77. The van der Waals surface area contributed by atoms with Crippen molar-refractivity contribution in [2.75, 3.05) is 18.0 Å². The lowest BCUT2D eigenvalue weighted by molar-refractivity contribution is -0.110. The fourth-order valence-electron chi connectivity index (χ4n) is 2.25. The van der Waals surface area contributed by atoms with Gasteiger partial charge in [-0.25, -0.2) is 4.99 Å². The second kappa shape index (κ2) is 6.72. The fourth-order valence-corrected chi connectivity index (χ4v) is 2.42. The van der Waals surface area contributed by atoms with E-state index in [2.05, 4.69) is 35.9 Å². The first-order chi connectivity index (χ1) is 10.0. The van der Waals surface area contributed by atoms with Crippen molar-refractivity contribution in [3.63, 3.8) is 0 Å². The van der Waals surface area contributed by atoms with E-state index in [1.165, 1.54) is 11.8 Å². The minimum atomic E-state index is -0.177. The topological polar surface area (TPSA) is 32.7 Å². The molecule has 0 radical (unpaired) electrons. The van der Waals surface area contributed by atoms with Gasteiger partial charge in [0.2, 0.25) is 0 Å². The molecular formula is C17H19ClN2O. The van der Waals surface area contributed by atoms with Gasteiger partial charge in [0.1, 0.15) is 0 Å². The maximum atomic E-state index is 11.3. The molecule has 0 aromatic heterocycles. The van der Waals surface area contributed by atoms with Crippen LogP contribution in [-0.4, -0.2) is 24.6 Å². The molecule has 4 heteroatoms. The molecule has 0 heterocycles. The highest BCUT2D eigenvalue weighted by Gasteiger charge is 2.10. The zero-order chi connectivity index (χ0) is 15.4. The van der Waals surface area contributed by atoms with Crippen molar-refractivity contribution in [2.45, 2.75) is 20.8 Å². The van der Waals surface area contributed by atoms with E-state index in [0.29, 0.717) is 5.71 Å². The molecule has 21 heavy (non-hydrogen) atoms. The third-order valence-electron chi connectivity index (χ3n) is 3.47. The Bertz CT molecular complexity index is 640. The van der Waals surface area contributed by atoms with E-state index >= 15 is 0 Å². The molecule has 1 aliphatic rings. The van der Waals surface area contributed by atoms with Gasteiger partial charge < -0.3 is 4.90 Å². The molecule has 0 unspecified atom stereocenters. The number of anilines is 1. The van der Waals surface area contributed by atoms with Gasteiger partial charge in [0, 0.05) is 18.8 Å². The van der Waals surface area contributed by atoms with Crippen LogP contribution in [0.25, 0.3) is 0 Å². The molecule has 0 atom stereocenters. The molecule has 1 aromatic carbocycles. The van der Waals surface area contributed by atoms with Gasteiger partial charge in [0.05, 0.1) is 16.4 Å². The zero-order valence-electron chi connectivity index (χ0n) is 12.6. The Hall–Kier alpha value is -1.87. The zero-order valence-corrected chi connectivity index (χ0v) is 13.3. The number of allylic oxidation sites excluding steroid dienone is 4. The van der Waals surface area contributed by atoms with Crippen LogP contribution in [0.5, 0.6) is 0 Å². The Morgan fingerprint density at radius 2 is 1.90 bits per heavy atom. The van der Waals surface area contributed by atoms with E-state index < -0.39 is 0 Å². The second-order valence-electron chi connectivity index (χ2n) is 4.87. The number of carbonyl (C=O) groups is 1. The molecule has 1 aromatic rings. The van der Waals surface area contributed by atoms with E-state index in [1.54, 1.807) is 12.2 Å². The first-order valence-electron chi connectivity index (χ1n) is 7.09. The molecule has 2 rings (SSSR count). The number of aliphatic imine (C=N–C) groups is 1. The molecule has 1 aliphatic carbocycles. The van der Waals surface area contributed by atoms with Gasteiger partial charge in [-0.05, 0) is 62.8 Å². The van der Waals surface area contributed by atoms with Crippen LogP contribution in [-0.2, 0) is 4.79 Å². The second-order valence-corrected chi connectivity index (χ2v) is 5.28. The molecule has 0 amide bonds. The van der Waals surface area contributed by atoms with Crippen LogP contribution >= 0.6 is 11.6 Å². The normalized spacial score (nSPS) is 16.3. The van der Waals surface area contributed by atoms with Gasteiger partial charge in [0.25, 0.3) is 0 Å². The lowest BCUT2D eigenvalue weighted by Crippen LogP contribution is -2.21. The standard InChI is InChI=1S/C17H19ClN2O/c1-4-20(5-2)14-7-8-16(12(3)10-14)19-13-6-9-17(21)15(18)11-13/h6-11H,4-5H2,1-3H3/b19-13-. The molecule has 110 valence electrons. The summed E-state index contributed by atoms with van der Waals surface area (Å²) in [6, 6.07) is 6.21. The molecular weight excluding hydrogens is 284 g/mol. The van der Waals surface area contributed by atoms with Crippen LogP contribution in [0.3, 0.4) is 0 Å².